The zero-order chi connectivity index (χ0) is 19.0. The lowest BCUT2D eigenvalue weighted by atomic mass is 9.78. The lowest BCUT2D eigenvalue weighted by Gasteiger charge is -2.32. The largest absolute Gasteiger partial charge is 0.498 e. The maximum atomic E-state index is 11.5. The van der Waals surface area contributed by atoms with E-state index in [1.807, 2.05) is 27.7 Å². The van der Waals surface area contributed by atoms with Crippen molar-refractivity contribution in [1.82, 2.24) is 0 Å². The van der Waals surface area contributed by atoms with Gasteiger partial charge < -0.3 is 14.0 Å². The summed E-state index contributed by atoms with van der Waals surface area (Å²) in [5, 5.41) is 0. The topological polar surface area (TPSA) is 73.9 Å². The quantitative estimate of drug-likeness (QED) is 0.780. The molecule has 0 bridgehead atoms. The Hall–Kier alpha value is -1.25. The Labute approximate surface area is 151 Å². The second-order valence-electron chi connectivity index (χ2n) is 7.92. The van der Waals surface area contributed by atoms with Gasteiger partial charge in [-0.2, -0.15) is 0 Å². The van der Waals surface area contributed by atoms with E-state index in [0.717, 1.165) is 6.26 Å². The fraction of sp³-hybridized carbons (Fsp3) is 0.647. The van der Waals surface area contributed by atoms with Crippen LogP contribution in [0, 0.1) is 5.92 Å². The van der Waals surface area contributed by atoms with E-state index >= 15 is 0 Å². The van der Waals surface area contributed by atoms with Gasteiger partial charge in [0.2, 0.25) is 10.0 Å². The van der Waals surface area contributed by atoms with Gasteiger partial charge in [-0.05, 0) is 51.8 Å². The van der Waals surface area contributed by atoms with Crippen molar-refractivity contribution in [2.75, 3.05) is 17.6 Å². The molecule has 1 aromatic carbocycles. The molecule has 0 aliphatic carbocycles. The first kappa shape index (κ1) is 20.1. The molecular formula is C17H28BNO5S. The molecule has 0 amide bonds. The highest BCUT2D eigenvalue weighted by atomic mass is 32.2. The molecule has 6 nitrogen and oxygen atoms in total. The highest BCUT2D eigenvalue weighted by Crippen LogP contribution is 2.37. The summed E-state index contributed by atoms with van der Waals surface area (Å²) in [5.74, 6) is 0.992. The number of rotatable bonds is 6. The molecule has 1 saturated heterocycles. The van der Waals surface area contributed by atoms with Gasteiger partial charge in [0.25, 0.3) is 0 Å². The Bertz CT molecular complexity index is 715. The molecule has 8 heteroatoms. The number of hydrogen-bond donors (Lipinski definition) is 1. The Morgan fingerprint density at radius 1 is 1.16 bits per heavy atom. The van der Waals surface area contributed by atoms with Crippen molar-refractivity contribution in [1.29, 1.82) is 0 Å². The van der Waals surface area contributed by atoms with E-state index in [-0.39, 0.29) is 0 Å². The van der Waals surface area contributed by atoms with Gasteiger partial charge in [-0.15, -0.1) is 0 Å². The summed E-state index contributed by atoms with van der Waals surface area (Å²) in [4.78, 5) is 0. The number of hydrogen-bond acceptors (Lipinski definition) is 5. The van der Waals surface area contributed by atoms with E-state index in [1.165, 1.54) is 0 Å². The van der Waals surface area contributed by atoms with Gasteiger partial charge in [0.05, 0.1) is 24.1 Å². The van der Waals surface area contributed by atoms with Crippen LogP contribution in [0.5, 0.6) is 5.75 Å². The standard InChI is InChI=1S/C17H28BNO5S/c1-12(2)11-22-15-9-8-13(19-25(7,20)21)10-14(15)18-23-16(3,4)17(5,6)24-18/h8-10,12,19H,11H2,1-7H3. The van der Waals surface area contributed by atoms with Crippen molar-refractivity contribution >= 4 is 28.3 Å². The molecule has 25 heavy (non-hydrogen) atoms. The fourth-order valence-electron chi connectivity index (χ4n) is 2.37. The van der Waals surface area contributed by atoms with Crippen LogP contribution < -0.4 is 14.9 Å². The van der Waals surface area contributed by atoms with Gasteiger partial charge in [-0.1, -0.05) is 13.8 Å². The first-order valence-electron chi connectivity index (χ1n) is 8.41. The molecule has 1 aromatic rings. The monoisotopic (exact) mass is 369 g/mol. The average Bonchev–Trinajstić information content (AvgIpc) is 2.64. The molecule has 0 saturated carbocycles. The van der Waals surface area contributed by atoms with Gasteiger partial charge in [0.15, 0.2) is 0 Å². The minimum Gasteiger partial charge on any atom is -0.494 e. The summed E-state index contributed by atoms with van der Waals surface area (Å²) in [7, 11) is -4.01. The molecule has 0 spiro atoms. The molecule has 1 aliphatic rings. The summed E-state index contributed by atoms with van der Waals surface area (Å²) in [6, 6.07) is 5.13. The molecule has 0 aromatic heterocycles. The second kappa shape index (κ2) is 6.81. The van der Waals surface area contributed by atoms with Crippen molar-refractivity contribution in [3.8, 4) is 5.75 Å². The predicted molar refractivity (Wildman–Crippen MR) is 101 cm³/mol. The number of ether oxygens (including phenoxy) is 1. The van der Waals surface area contributed by atoms with Crippen molar-refractivity contribution in [2.45, 2.75) is 52.7 Å². The van der Waals surface area contributed by atoms with Crippen LogP contribution in [0.4, 0.5) is 5.69 Å². The second-order valence-corrected chi connectivity index (χ2v) is 9.67. The highest BCUT2D eigenvalue weighted by molar-refractivity contribution is 7.92. The Kier molecular flexibility index (Phi) is 5.47. The van der Waals surface area contributed by atoms with E-state index in [4.69, 9.17) is 14.0 Å². The maximum Gasteiger partial charge on any atom is 0.498 e. The molecule has 1 N–H and O–H groups in total. The molecule has 1 heterocycles. The summed E-state index contributed by atoms with van der Waals surface area (Å²) >= 11 is 0. The number of benzene rings is 1. The van der Waals surface area contributed by atoms with Crippen LogP contribution in [0.1, 0.15) is 41.5 Å². The van der Waals surface area contributed by atoms with Gasteiger partial charge in [0, 0.05) is 11.2 Å². The van der Waals surface area contributed by atoms with Gasteiger partial charge in [-0.25, -0.2) is 8.42 Å². The number of anilines is 1. The fourth-order valence-corrected chi connectivity index (χ4v) is 2.92. The first-order valence-corrected chi connectivity index (χ1v) is 10.3. The minimum atomic E-state index is -3.37. The molecule has 1 fully saturated rings. The van der Waals surface area contributed by atoms with E-state index in [9.17, 15) is 8.42 Å². The molecule has 0 unspecified atom stereocenters. The van der Waals surface area contributed by atoms with Crippen LogP contribution in [-0.4, -0.2) is 39.6 Å². The number of nitrogens with one attached hydrogen (secondary N) is 1. The van der Waals surface area contributed by atoms with Crippen molar-refractivity contribution in [3.63, 3.8) is 0 Å². The average molecular weight is 369 g/mol. The van der Waals surface area contributed by atoms with Crippen LogP contribution in [0.25, 0.3) is 0 Å². The third-order valence-corrected chi connectivity index (χ3v) is 5.00. The molecule has 0 radical (unpaired) electrons. The highest BCUT2D eigenvalue weighted by Gasteiger charge is 2.52. The normalized spacial score (nSPS) is 19.3. The molecular weight excluding hydrogens is 341 g/mol. The first-order chi connectivity index (χ1) is 11.3. The summed E-state index contributed by atoms with van der Waals surface area (Å²) < 4.78 is 43.7. The lowest BCUT2D eigenvalue weighted by molar-refractivity contribution is 0.00578. The third kappa shape index (κ3) is 4.89. The van der Waals surface area contributed by atoms with Crippen molar-refractivity contribution < 1.29 is 22.5 Å². The van der Waals surface area contributed by atoms with Gasteiger partial charge in [-0.3, -0.25) is 4.72 Å². The van der Waals surface area contributed by atoms with Crippen molar-refractivity contribution in [2.24, 2.45) is 5.92 Å². The lowest BCUT2D eigenvalue weighted by Crippen LogP contribution is -2.41. The summed E-state index contributed by atoms with van der Waals surface area (Å²) in [5.41, 5.74) is 0.137. The Morgan fingerprint density at radius 3 is 2.20 bits per heavy atom. The third-order valence-electron chi connectivity index (χ3n) is 4.39. The van der Waals surface area contributed by atoms with Gasteiger partial charge in [0.1, 0.15) is 5.75 Å². The van der Waals surface area contributed by atoms with E-state index in [1.54, 1.807) is 18.2 Å². The molecule has 1 aliphatic heterocycles. The van der Waals surface area contributed by atoms with Crippen LogP contribution in [0.2, 0.25) is 0 Å². The molecule has 140 valence electrons. The zero-order valence-corrected chi connectivity index (χ0v) is 16.9. The van der Waals surface area contributed by atoms with Gasteiger partial charge >= 0.3 is 7.12 Å². The van der Waals surface area contributed by atoms with Crippen LogP contribution in [-0.2, 0) is 19.3 Å². The minimum absolute atomic E-state index is 0.361. The van der Waals surface area contributed by atoms with Crippen LogP contribution in [0.15, 0.2) is 18.2 Å². The van der Waals surface area contributed by atoms with E-state index < -0.39 is 28.3 Å². The molecule has 2 rings (SSSR count). The SMILES string of the molecule is CC(C)COc1ccc(NS(C)(=O)=O)cc1B1OC(C)(C)C(C)(C)O1. The zero-order valence-electron chi connectivity index (χ0n) is 16.0. The van der Waals surface area contributed by atoms with Crippen LogP contribution >= 0.6 is 0 Å². The van der Waals surface area contributed by atoms with Crippen LogP contribution in [0.3, 0.4) is 0 Å². The van der Waals surface area contributed by atoms with E-state index in [2.05, 4.69) is 18.6 Å². The predicted octanol–water partition coefficient (Wildman–Crippen LogP) is 2.39. The van der Waals surface area contributed by atoms with E-state index in [0.29, 0.717) is 29.4 Å². The number of sulfonamides is 1. The molecule has 0 atom stereocenters. The Balaban J connectivity index is 2.39. The summed E-state index contributed by atoms with van der Waals surface area (Å²) in [6.07, 6.45) is 1.12. The summed E-state index contributed by atoms with van der Waals surface area (Å²) in [6.45, 7) is 12.6. The smallest absolute Gasteiger partial charge is 0.494 e. The Morgan fingerprint density at radius 2 is 1.72 bits per heavy atom. The maximum absolute atomic E-state index is 11.5. The van der Waals surface area contributed by atoms with Crippen molar-refractivity contribution in [3.05, 3.63) is 18.2 Å².